The molecule has 4 nitrogen and oxygen atoms in total. The van der Waals surface area contributed by atoms with Gasteiger partial charge in [-0.3, -0.25) is 4.90 Å². The lowest BCUT2D eigenvalue weighted by Crippen LogP contribution is -2.52. The van der Waals surface area contributed by atoms with E-state index in [0.29, 0.717) is 17.0 Å². The van der Waals surface area contributed by atoms with Gasteiger partial charge in [0.15, 0.2) is 5.15 Å². The van der Waals surface area contributed by atoms with Gasteiger partial charge in [0.05, 0.1) is 0 Å². The summed E-state index contributed by atoms with van der Waals surface area (Å²) in [6.45, 7) is 3.46. The van der Waals surface area contributed by atoms with E-state index in [1.807, 2.05) is 0 Å². The van der Waals surface area contributed by atoms with Gasteiger partial charge in [0.25, 0.3) is 0 Å². The van der Waals surface area contributed by atoms with Gasteiger partial charge < -0.3 is 4.74 Å². The smallest absolute Gasteiger partial charge is 0.233 e. The molecule has 3 aliphatic heterocycles. The van der Waals surface area contributed by atoms with Crippen LogP contribution >= 0.6 is 11.6 Å². The van der Waals surface area contributed by atoms with E-state index in [2.05, 4.69) is 15.1 Å². The Balaban J connectivity index is 1.68. The summed E-state index contributed by atoms with van der Waals surface area (Å²) in [6, 6.07) is 3.50. The van der Waals surface area contributed by atoms with Crippen LogP contribution in [0.5, 0.6) is 5.88 Å². The van der Waals surface area contributed by atoms with E-state index in [9.17, 15) is 0 Å². The normalized spacial score (nSPS) is 32.7. The second-order valence-corrected chi connectivity index (χ2v) is 4.88. The number of aromatic nitrogens is 2. The number of nitrogens with zero attached hydrogens (tertiary/aromatic N) is 3. The van der Waals surface area contributed by atoms with Crippen LogP contribution in [0.15, 0.2) is 12.1 Å². The van der Waals surface area contributed by atoms with Crippen molar-refractivity contribution in [1.82, 2.24) is 15.1 Å². The number of hydrogen-bond donors (Lipinski definition) is 0. The van der Waals surface area contributed by atoms with Gasteiger partial charge in [-0.05, 0) is 37.9 Å². The molecule has 0 saturated carbocycles. The van der Waals surface area contributed by atoms with Crippen molar-refractivity contribution in [2.75, 3.05) is 19.6 Å². The lowest BCUT2D eigenvalue weighted by molar-refractivity contribution is -0.0104. The van der Waals surface area contributed by atoms with Crippen LogP contribution in [0, 0.1) is 5.92 Å². The van der Waals surface area contributed by atoms with E-state index < -0.39 is 0 Å². The van der Waals surface area contributed by atoms with Crippen LogP contribution in [0.3, 0.4) is 0 Å². The molecule has 0 radical (unpaired) electrons. The fourth-order valence-electron chi connectivity index (χ4n) is 2.57. The van der Waals surface area contributed by atoms with Crippen LogP contribution in [-0.4, -0.2) is 40.8 Å². The Kier molecular flexibility index (Phi) is 2.69. The Morgan fingerprint density at radius 2 is 2.06 bits per heavy atom. The van der Waals surface area contributed by atoms with Crippen LogP contribution < -0.4 is 4.74 Å². The molecule has 3 aliphatic rings. The standard InChI is InChI=1S/C11H14ClN3O/c12-10-1-2-11(14-13-10)16-9-7-15-5-3-8(9)4-6-15/h1-2,8-9H,3-7H2. The summed E-state index contributed by atoms with van der Waals surface area (Å²) >= 11 is 5.68. The molecular weight excluding hydrogens is 226 g/mol. The van der Waals surface area contributed by atoms with Gasteiger partial charge in [-0.2, -0.15) is 0 Å². The number of rotatable bonds is 2. The first-order valence-corrected chi connectivity index (χ1v) is 6.07. The van der Waals surface area contributed by atoms with E-state index in [4.69, 9.17) is 16.3 Å². The predicted octanol–water partition coefficient (Wildman–Crippen LogP) is 1.60. The minimum absolute atomic E-state index is 0.276. The maximum atomic E-state index is 5.87. The molecule has 0 amide bonds. The summed E-state index contributed by atoms with van der Waals surface area (Å²) in [5.74, 6) is 1.27. The molecule has 0 spiro atoms. The van der Waals surface area contributed by atoms with Crippen molar-refractivity contribution in [3.8, 4) is 5.88 Å². The molecule has 0 N–H and O–H groups in total. The van der Waals surface area contributed by atoms with Crippen LogP contribution in [0.4, 0.5) is 0 Å². The average molecular weight is 240 g/mol. The maximum absolute atomic E-state index is 5.87. The lowest BCUT2D eigenvalue weighted by atomic mass is 9.86. The Hall–Kier alpha value is -0.870. The summed E-state index contributed by atoms with van der Waals surface area (Å²) in [5, 5.41) is 8.12. The molecule has 16 heavy (non-hydrogen) atoms. The number of ether oxygens (including phenoxy) is 1. The molecule has 1 aromatic rings. The predicted molar refractivity (Wildman–Crippen MR) is 60.6 cm³/mol. The summed E-state index contributed by atoms with van der Waals surface area (Å²) in [6.07, 6.45) is 2.76. The highest BCUT2D eigenvalue weighted by Crippen LogP contribution is 2.30. The molecule has 1 aromatic heterocycles. The molecule has 86 valence electrons. The number of halogens is 1. The van der Waals surface area contributed by atoms with Gasteiger partial charge in [0.1, 0.15) is 6.10 Å². The highest BCUT2D eigenvalue weighted by molar-refractivity contribution is 6.29. The molecule has 0 aliphatic carbocycles. The van der Waals surface area contributed by atoms with Crippen LogP contribution in [-0.2, 0) is 0 Å². The van der Waals surface area contributed by atoms with Gasteiger partial charge in [0, 0.05) is 12.6 Å². The highest BCUT2D eigenvalue weighted by atomic mass is 35.5. The summed E-state index contributed by atoms with van der Waals surface area (Å²) in [7, 11) is 0. The maximum Gasteiger partial charge on any atom is 0.233 e. The van der Waals surface area contributed by atoms with Gasteiger partial charge in [-0.1, -0.05) is 11.6 Å². The first-order valence-electron chi connectivity index (χ1n) is 5.69. The molecule has 3 saturated heterocycles. The molecule has 4 heterocycles. The zero-order valence-corrected chi connectivity index (χ0v) is 9.73. The second-order valence-electron chi connectivity index (χ2n) is 4.49. The number of fused-ring (bicyclic) bond motifs is 3. The fourth-order valence-corrected chi connectivity index (χ4v) is 2.67. The summed E-state index contributed by atoms with van der Waals surface area (Å²) in [4.78, 5) is 2.45. The lowest BCUT2D eigenvalue weighted by Gasteiger charge is -2.44. The molecular formula is C11H14ClN3O. The van der Waals surface area contributed by atoms with Crippen molar-refractivity contribution in [2.45, 2.75) is 18.9 Å². The molecule has 0 aromatic carbocycles. The van der Waals surface area contributed by atoms with Gasteiger partial charge in [0.2, 0.25) is 5.88 Å². The zero-order chi connectivity index (χ0) is 11.0. The Morgan fingerprint density at radius 3 is 2.62 bits per heavy atom. The van der Waals surface area contributed by atoms with E-state index in [0.717, 1.165) is 6.54 Å². The molecule has 5 heteroatoms. The topological polar surface area (TPSA) is 38.2 Å². The first kappa shape index (κ1) is 10.3. The molecule has 4 rings (SSSR count). The third-order valence-corrected chi connectivity index (χ3v) is 3.68. The van der Waals surface area contributed by atoms with Crippen LogP contribution in [0.25, 0.3) is 0 Å². The fraction of sp³-hybridized carbons (Fsp3) is 0.636. The van der Waals surface area contributed by atoms with E-state index >= 15 is 0 Å². The van der Waals surface area contributed by atoms with Crippen molar-refractivity contribution >= 4 is 11.6 Å². The minimum Gasteiger partial charge on any atom is -0.472 e. The average Bonchev–Trinajstić information content (AvgIpc) is 2.34. The van der Waals surface area contributed by atoms with Gasteiger partial charge >= 0.3 is 0 Å². The number of piperidine rings is 3. The monoisotopic (exact) mass is 239 g/mol. The van der Waals surface area contributed by atoms with Crippen LogP contribution in [0.1, 0.15) is 12.8 Å². The molecule has 1 atom stereocenters. The van der Waals surface area contributed by atoms with Gasteiger partial charge in [-0.15, -0.1) is 10.2 Å². The second kappa shape index (κ2) is 4.18. The third-order valence-electron chi connectivity index (χ3n) is 3.48. The van der Waals surface area contributed by atoms with Crippen molar-refractivity contribution in [2.24, 2.45) is 5.92 Å². The largest absolute Gasteiger partial charge is 0.472 e. The van der Waals surface area contributed by atoms with Crippen LogP contribution in [0.2, 0.25) is 5.15 Å². The van der Waals surface area contributed by atoms with Crippen molar-refractivity contribution < 1.29 is 4.74 Å². The van der Waals surface area contributed by atoms with E-state index in [1.54, 1.807) is 12.1 Å². The first-order chi connectivity index (χ1) is 7.81. The Labute approximate surface area is 99.6 Å². The SMILES string of the molecule is Clc1ccc(OC2CN3CCC2CC3)nn1. The molecule has 1 unspecified atom stereocenters. The molecule has 3 fully saturated rings. The quantitative estimate of drug-likeness (QED) is 0.786. The third kappa shape index (κ3) is 1.99. The zero-order valence-electron chi connectivity index (χ0n) is 8.97. The van der Waals surface area contributed by atoms with Crippen molar-refractivity contribution in [3.05, 3.63) is 17.3 Å². The van der Waals surface area contributed by atoms with Gasteiger partial charge in [-0.25, -0.2) is 0 Å². The van der Waals surface area contributed by atoms with E-state index in [-0.39, 0.29) is 6.10 Å². The summed E-state index contributed by atoms with van der Waals surface area (Å²) < 4.78 is 5.87. The summed E-state index contributed by atoms with van der Waals surface area (Å²) in [5.41, 5.74) is 0. The van der Waals surface area contributed by atoms with E-state index in [1.165, 1.54) is 25.9 Å². The number of hydrogen-bond acceptors (Lipinski definition) is 4. The Morgan fingerprint density at radius 1 is 1.25 bits per heavy atom. The molecule has 2 bridgehead atoms. The minimum atomic E-state index is 0.276. The Bertz CT molecular complexity index is 362. The van der Waals surface area contributed by atoms with Crippen molar-refractivity contribution in [3.63, 3.8) is 0 Å². The highest BCUT2D eigenvalue weighted by Gasteiger charge is 2.35. The van der Waals surface area contributed by atoms with Crippen molar-refractivity contribution in [1.29, 1.82) is 0 Å².